The van der Waals surface area contributed by atoms with Crippen LogP contribution in [0.3, 0.4) is 0 Å². The number of rotatable bonds is 3. The van der Waals surface area contributed by atoms with E-state index in [4.69, 9.17) is 37.7 Å². The molecule has 1 aromatic heterocycles. The number of piperazine rings is 1. The number of ether oxygens (including phenoxy) is 2. The van der Waals surface area contributed by atoms with Gasteiger partial charge in [-0.3, -0.25) is 0 Å². The van der Waals surface area contributed by atoms with Gasteiger partial charge in [-0.15, -0.1) is 0 Å². The Morgan fingerprint density at radius 3 is 2.60 bits per heavy atom. The number of nitrogens with zero attached hydrogens (tertiary/aromatic N) is 5. The Hall–Kier alpha value is -3.12. The summed E-state index contributed by atoms with van der Waals surface area (Å²) in [6.45, 7) is 11.3. The fourth-order valence-electron chi connectivity index (χ4n) is 5.78. The molecular formula is C30H33Cl2N5O3. The molecule has 8 nitrogen and oxygen atoms in total. The molecular weight excluding hydrogens is 549 g/mol. The molecule has 3 heterocycles. The number of hydrogen-bond acceptors (Lipinski definition) is 7. The molecule has 1 unspecified atom stereocenters. The lowest BCUT2D eigenvalue weighted by Crippen LogP contribution is -2.56. The van der Waals surface area contributed by atoms with Gasteiger partial charge in [0, 0.05) is 41.0 Å². The number of aromatic nitrogens is 2. The van der Waals surface area contributed by atoms with Gasteiger partial charge in [-0.2, -0.15) is 5.26 Å². The molecule has 0 bridgehead atoms. The minimum absolute atomic E-state index is 0.143. The Morgan fingerprint density at radius 1 is 1.18 bits per heavy atom. The molecule has 0 aliphatic carbocycles. The highest BCUT2D eigenvalue weighted by Gasteiger charge is 2.44. The molecule has 1 amide bonds. The average Bonchev–Trinajstić information content (AvgIpc) is 2.88. The lowest BCUT2D eigenvalue weighted by atomic mass is 9.75. The summed E-state index contributed by atoms with van der Waals surface area (Å²) >= 11 is 13.2. The number of benzene rings is 2. The third-order valence-corrected chi connectivity index (χ3v) is 8.01. The average molecular weight is 583 g/mol. The Labute approximate surface area is 244 Å². The second kappa shape index (κ2) is 10.7. The smallest absolute Gasteiger partial charge is 0.410 e. The van der Waals surface area contributed by atoms with Crippen LogP contribution in [0.2, 0.25) is 10.3 Å². The second-order valence-electron chi connectivity index (χ2n) is 11.9. The first-order valence-corrected chi connectivity index (χ1v) is 14.1. The maximum absolute atomic E-state index is 12.9. The summed E-state index contributed by atoms with van der Waals surface area (Å²) < 4.78 is 12.2. The lowest BCUT2D eigenvalue weighted by molar-refractivity contribution is -0.0241. The van der Waals surface area contributed by atoms with Crippen molar-refractivity contribution in [3.05, 3.63) is 63.5 Å². The predicted molar refractivity (Wildman–Crippen MR) is 156 cm³/mol. The largest absolute Gasteiger partial charge is 0.444 e. The van der Waals surface area contributed by atoms with Crippen LogP contribution in [-0.2, 0) is 21.5 Å². The number of amides is 1. The fraction of sp³-hybridized carbons (Fsp3) is 0.467. The van der Waals surface area contributed by atoms with E-state index in [-0.39, 0.29) is 30.5 Å². The van der Waals surface area contributed by atoms with Gasteiger partial charge in [0.15, 0.2) is 0 Å². The Kier molecular flexibility index (Phi) is 7.60. The molecule has 2 atom stereocenters. The van der Waals surface area contributed by atoms with E-state index in [9.17, 15) is 10.1 Å². The van der Waals surface area contributed by atoms with Crippen LogP contribution in [0, 0.1) is 11.3 Å². The van der Waals surface area contributed by atoms with Crippen LogP contribution in [-0.4, -0.2) is 52.2 Å². The van der Waals surface area contributed by atoms with E-state index >= 15 is 0 Å². The van der Waals surface area contributed by atoms with Crippen LogP contribution in [0.4, 0.5) is 10.6 Å². The summed E-state index contributed by atoms with van der Waals surface area (Å²) in [6, 6.07) is 13.8. The highest BCUT2D eigenvalue weighted by molar-refractivity contribution is 6.35. The number of carbonyl (C=O) groups is 1. The van der Waals surface area contributed by atoms with Gasteiger partial charge in [-0.1, -0.05) is 55.8 Å². The third kappa shape index (κ3) is 5.30. The number of nitriles is 1. The third-order valence-electron chi connectivity index (χ3n) is 7.52. The van der Waals surface area contributed by atoms with Gasteiger partial charge in [0.25, 0.3) is 0 Å². The molecule has 10 heteroatoms. The first-order chi connectivity index (χ1) is 18.9. The monoisotopic (exact) mass is 581 g/mol. The minimum atomic E-state index is -0.627. The quantitative estimate of drug-likeness (QED) is 0.313. The first-order valence-electron chi connectivity index (χ1n) is 13.4. The zero-order chi connectivity index (χ0) is 28.8. The van der Waals surface area contributed by atoms with E-state index in [1.807, 2.05) is 51.1 Å². The van der Waals surface area contributed by atoms with Crippen molar-refractivity contribution < 1.29 is 14.3 Å². The van der Waals surface area contributed by atoms with E-state index < -0.39 is 17.1 Å². The fourth-order valence-corrected chi connectivity index (χ4v) is 6.24. The molecule has 0 spiro atoms. The van der Waals surface area contributed by atoms with Gasteiger partial charge in [-0.25, -0.2) is 14.8 Å². The van der Waals surface area contributed by atoms with Crippen molar-refractivity contribution >= 4 is 45.9 Å². The second-order valence-corrected chi connectivity index (χ2v) is 12.6. The van der Waals surface area contributed by atoms with Crippen LogP contribution < -0.4 is 4.90 Å². The van der Waals surface area contributed by atoms with Crippen LogP contribution in [0.25, 0.3) is 10.8 Å². The van der Waals surface area contributed by atoms with Crippen molar-refractivity contribution in [2.24, 2.45) is 0 Å². The summed E-state index contributed by atoms with van der Waals surface area (Å²) in [5.41, 5.74) is 1.48. The van der Waals surface area contributed by atoms with Gasteiger partial charge in [-0.05, 0) is 49.4 Å². The number of carbonyl (C=O) groups excluding carboxylic acids is 1. The van der Waals surface area contributed by atoms with Crippen LogP contribution in [0.5, 0.6) is 0 Å². The van der Waals surface area contributed by atoms with E-state index in [0.717, 1.165) is 27.6 Å². The maximum Gasteiger partial charge on any atom is 0.410 e. The summed E-state index contributed by atoms with van der Waals surface area (Å²) in [5, 5.41) is 12.3. The molecule has 2 aliphatic rings. The number of fused-ring (bicyclic) bond motifs is 2. The normalized spacial score (nSPS) is 20.6. The molecule has 1 saturated heterocycles. The molecule has 2 aromatic carbocycles. The summed E-state index contributed by atoms with van der Waals surface area (Å²) in [6.07, 6.45) is -0.572. The summed E-state index contributed by atoms with van der Waals surface area (Å²) in [4.78, 5) is 26.0. The van der Waals surface area contributed by atoms with E-state index in [2.05, 4.69) is 35.9 Å². The summed E-state index contributed by atoms with van der Waals surface area (Å²) in [7, 11) is 0. The van der Waals surface area contributed by atoms with E-state index in [0.29, 0.717) is 30.5 Å². The van der Waals surface area contributed by atoms with E-state index in [1.54, 1.807) is 4.90 Å². The Balaban J connectivity index is 1.50. The molecule has 0 saturated carbocycles. The van der Waals surface area contributed by atoms with Gasteiger partial charge in [0.2, 0.25) is 5.28 Å². The van der Waals surface area contributed by atoms with Crippen molar-refractivity contribution in [2.75, 3.05) is 24.5 Å². The minimum Gasteiger partial charge on any atom is -0.444 e. The molecule has 5 rings (SSSR count). The van der Waals surface area contributed by atoms with Crippen molar-refractivity contribution in [1.29, 1.82) is 5.26 Å². The highest BCUT2D eigenvalue weighted by atomic mass is 35.5. The molecule has 1 fully saturated rings. The predicted octanol–water partition coefficient (Wildman–Crippen LogP) is 6.83. The van der Waals surface area contributed by atoms with E-state index in [1.165, 1.54) is 0 Å². The molecule has 0 radical (unpaired) electrons. The van der Waals surface area contributed by atoms with Crippen molar-refractivity contribution in [2.45, 2.75) is 70.8 Å². The lowest BCUT2D eigenvalue weighted by Gasteiger charge is -2.44. The molecule has 40 heavy (non-hydrogen) atoms. The van der Waals surface area contributed by atoms with Crippen LogP contribution >= 0.6 is 23.2 Å². The SMILES string of the molecule is CC(C)(C)OC(=O)N1CCN(c2nc(Cl)nc3c2COC(c2cccc4cccc(Cl)c24)C3(C)C)C[C@@H]1CC#N. The van der Waals surface area contributed by atoms with Crippen molar-refractivity contribution in [1.82, 2.24) is 14.9 Å². The van der Waals surface area contributed by atoms with Crippen molar-refractivity contribution in [3.8, 4) is 6.07 Å². The van der Waals surface area contributed by atoms with Gasteiger partial charge >= 0.3 is 6.09 Å². The standard InChI is InChI=1S/C30H33Cl2N5O3/c1-29(2,3)40-28(38)37-15-14-36(16-19(37)12-13-33)26-21-17-39-25(30(4,5)24(21)34-27(32)35-26)20-10-6-8-18-9-7-11-22(31)23(18)20/h6-11,19,25H,12,14-17H2,1-5H3/t19-,25?/m0/s1. The van der Waals surface area contributed by atoms with Crippen LogP contribution in [0.1, 0.15) is 64.0 Å². The maximum atomic E-state index is 12.9. The first kappa shape index (κ1) is 28.4. The number of halogens is 2. The topological polar surface area (TPSA) is 91.6 Å². The highest BCUT2D eigenvalue weighted by Crippen LogP contribution is 2.49. The molecule has 3 aromatic rings. The van der Waals surface area contributed by atoms with Crippen LogP contribution in [0.15, 0.2) is 36.4 Å². The molecule has 2 aliphatic heterocycles. The number of anilines is 1. The molecule has 0 N–H and O–H groups in total. The molecule has 210 valence electrons. The Morgan fingerprint density at radius 2 is 1.90 bits per heavy atom. The Bertz CT molecular complexity index is 1490. The van der Waals surface area contributed by atoms with Gasteiger partial charge in [0.1, 0.15) is 11.4 Å². The van der Waals surface area contributed by atoms with Gasteiger partial charge < -0.3 is 19.3 Å². The zero-order valence-corrected chi connectivity index (χ0v) is 24.9. The van der Waals surface area contributed by atoms with Gasteiger partial charge in [0.05, 0.1) is 36.9 Å². The summed E-state index contributed by atoms with van der Waals surface area (Å²) in [5.74, 6) is 0.671. The number of hydrogen-bond donors (Lipinski definition) is 0. The zero-order valence-electron chi connectivity index (χ0n) is 23.4. The van der Waals surface area contributed by atoms with Crippen molar-refractivity contribution in [3.63, 3.8) is 0 Å².